The molecular formula is C13H14O2S2. The molecule has 0 aliphatic carbocycles. The first-order valence-electron chi connectivity index (χ1n) is 5.34. The maximum atomic E-state index is 11.9. The van der Waals surface area contributed by atoms with Gasteiger partial charge in [-0.2, -0.15) is 0 Å². The summed E-state index contributed by atoms with van der Waals surface area (Å²) in [5.41, 5.74) is 1.19. The summed E-state index contributed by atoms with van der Waals surface area (Å²) in [7, 11) is 0.781. The van der Waals surface area contributed by atoms with Gasteiger partial charge < -0.3 is 4.74 Å². The van der Waals surface area contributed by atoms with Gasteiger partial charge in [-0.25, -0.2) is 0 Å². The van der Waals surface area contributed by atoms with Gasteiger partial charge in [-0.05, 0) is 35.6 Å². The van der Waals surface area contributed by atoms with Crippen LogP contribution in [0.1, 0.15) is 5.56 Å². The lowest BCUT2D eigenvalue weighted by Crippen LogP contribution is -2.00. The average Bonchev–Trinajstić information content (AvgIpc) is 2.90. The van der Waals surface area contributed by atoms with E-state index in [1.165, 1.54) is 5.56 Å². The lowest BCUT2D eigenvalue weighted by molar-refractivity contribution is 0.414. The molecule has 0 fully saturated rings. The average molecular weight is 266 g/mol. The van der Waals surface area contributed by atoms with E-state index in [9.17, 15) is 4.21 Å². The van der Waals surface area contributed by atoms with E-state index in [-0.39, 0.29) is 0 Å². The van der Waals surface area contributed by atoms with Gasteiger partial charge in [-0.1, -0.05) is 18.2 Å². The molecule has 0 amide bonds. The van der Waals surface area contributed by atoms with Crippen LogP contribution in [0.3, 0.4) is 0 Å². The summed E-state index contributed by atoms with van der Waals surface area (Å²) < 4.78 is 18.0. The number of rotatable bonds is 5. The molecule has 2 nitrogen and oxygen atoms in total. The lowest BCUT2D eigenvalue weighted by Gasteiger charge is -2.03. The molecule has 1 unspecified atom stereocenters. The summed E-state index contributed by atoms with van der Waals surface area (Å²) in [4.78, 5) is 0. The number of benzene rings is 1. The van der Waals surface area contributed by atoms with Crippen LogP contribution in [0.15, 0.2) is 46.0 Å². The Bertz CT molecular complexity index is 475. The molecule has 4 heteroatoms. The minimum absolute atomic E-state index is 0.673. The van der Waals surface area contributed by atoms with Crippen molar-refractivity contribution in [1.82, 2.24) is 0 Å². The topological polar surface area (TPSA) is 26.3 Å². The van der Waals surface area contributed by atoms with E-state index in [1.54, 1.807) is 18.4 Å². The SMILES string of the molecule is COc1ccc(CCS(=O)c2cccs2)cc1. The van der Waals surface area contributed by atoms with Gasteiger partial charge >= 0.3 is 0 Å². The monoisotopic (exact) mass is 266 g/mol. The second-order valence-corrected chi connectivity index (χ2v) is 6.33. The predicted octanol–water partition coefficient (Wildman–Crippen LogP) is 3.11. The van der Waals surface area contributed by atoms with Gasteiger partial charge in [0.15, 0.2) is 0 Å². The van der Waals surface area contributed by atoms with Gasteiger partial charge in [0.25, 0.3) is 0 Å². The molecule has 0 saturated heterocycles. The molecule has 0 radical (unpaired) electrons. The summed E-state index contributed by atoms with van der Waals surface area (Å²) in [6.45, 7) is 0. The summed E-state index contributed by atoms with van der Waals surface area (Å²) >= 11 is 1.55. The first-order valence-corrected chi connectivity index (χ1v) is 7.54. The van der Waals surface area contributed by atoms with Crippen molar-refractivity contribution in [3.8, 4) is 5.75 Å². The van der Waals surface area contributed by atoms with Gasteiger partial charge in [0.05, 0.1) is 22.1 Å². The number of ether oxygens (including phenoxy) is 1. The van der Waals surface area contributed by atoms with Crippen LogP contribution in [0, 0.1) is 0 Å². The van der Waals surface area contributed by atoms with E-state index in [4.69, 9.17) is 4.74 Å². The molecule has 1 heterocycles. The molecule has 0 aliphatic heterocycles. The number of methoxy groups -OCH3 is 1. The Hall–Kier alpha value is -1.13. The van der Waals surface area contributed by atoms with Gasteiger partial charge in [-0.3, -0.25) is 4.21 Å². The molecule has 17 heavy (non-hydrogen) atoms. The normalized spacial score (nSPS) is 12.3. The zero-order chi connectivity index (χ0) is 12.1. The van der Waals surface area contributed by atoms with E-state index in [2.05, 4.69) is 0 Å². The highest BCUT2D eigenvalue weighted by molar-refractivity contribution is 7.87. The summed E-state index contributed by atoms with van der Waals surface area (Å²) in [5, 5.41) is 1.96. The Kier molecular flexibility index (Phi) is 4.34. The van der Waals surface area contributed by atoms with Gasteiger partial charge in [0, 0.05) is 5.75 Å². The van der Waals surface area contributed by atoms with Crippen molar-refractivity contribution in [1.29, 1.82) is 0 Å². The van der Waals surface area contributed by atoms with E-state index in [0.29, 0.717) is 5.75 Å². The molecular weight excluding hydrogens is 252 g/mol. The highest BCUT2D eigenvalue weighted by Crippen LogP contribution is 2.16. The molecule has 1 atom stereocenters. The van der Waals surface area contributed by atoms with Gasteiger partial charge in [0.2, 0.25) is 0 Å². The fourth-order valence-corrected chi connectivity index (χ4v) is 3.64. The molecule has 0 saturated carbocycles. The highest BCUT2D eigenvalue weighted by atomic mass is 32.2. The molecule has 90 valence electrons. The zero-order valence-corrected chi connectivity index (χ0v) is 11.2. The van der Waals surface area contributed by atoms with Crippen molar-refractivity contribution in [2.45, 2.75) is 10.6 Å². The van der Waals surface area contributed by atoms with E-state index < -0.39 is 10.8 Å². The van der Waals surface area contributed by atoms with Crippen LogP contribution < -0.4 is 4.74 Å². The molecule has 2 rings (SSSR count). The minimum Gasteiger partial charge on any atom is -0.497 e. The van der Waals surface area contributed by atoms with Crippen molar-refractivity contribution in [3.63, 3.8) is 0 Å². The lowest BCUT2D eigenvalue weighted by atomic mass is 10.2. The minimum atomic E-state index is -0.873. The van der Waals surface area contributed by atoms with Crippen molar-refractivity contribution >= 4 is 22.1 Å². The van der Waals surface area contributed by atoms with Crippen LogP contribution in [0.2, 0.25) is 0 Å². The van der Waals surface area contributed by atoms with E-state index >= 15 is 0 Å². The molecule has 0 N–H and O–H groups in total. The molecule has 2 aromatic rings. The summed E-state index contributed by atoms with van der Waals surface area (Å²) in [5.74, 6) is 1.53. The number of aryl methyl sites for hydroxylation is 1. The van der Waals surface area contributed by atoms with Crippen molar-refractivity contribution in [3.05, 3.63) is 47.3 Å². The Labute approximate surface area is 108 Å². The number of thiophene rings is 1. The first-order chi connectivity index (χ1) is 8.29. The Morgan fingerprint density at radius 1 is 1.24 bits per heavy atom. The Morgan fingerprint density at radius 3 is 2.59 bits per heavy atom. The second-order valence-electron chi connectivity index (χ2n) is 3.58. The zero-order valence-electron chi connectivity index (χ0n) is 9.59. The van der Waals surface area contributed by atoms with Gasteiger partial charge in [0.1, 0.15) is 5.75 Å². The third-order valence-corrected chi connectivity index (χ3v) is 5.12. The molecule has 0 bridgehead atoms. The quantitative estimate of drug-likeness (QED) is 0.831. The maximum absolute atomic E-state index is 11.9. The smallest absolute Gasteiger partial charge is 0.118 e. The standard InChI is InChI=1S/C13H14O2S2/c1-15-12-6-4-11(5-7-12)8-10-17(14)13-3-2-9-16-13/h2-7,9H,8,10H2,1H3. The van der Waals surface area contributed by atoms with Crippen LogP contribution in [-0.4, -0.2) is 17.1 Å². The van der Waals surface area contributed by atoms with E-state index in [1.807, 2.05) is 41.8 Å². The number of hydrogen-bond acceptors (Lipinski definition) is 3. The van der Waals surface area contributed by atoms with Gasteiger partial charge in [-0.15, -0.1) is 11.3 Å². The van der Waals surface area contributed by atoms with Crippen LogP contribution >= 0.6 is 11.3 Å². The summed E-state index contributed by atoms with van der Waals surface area (Å²) in [6, 6.07) is 11.8. The molecule has 0 aliphatic rings. The summed E-state index contributed by atoms with van der Waals surface area (Å²) in [6.07, 6.45) is 0.828. The number of hydrogen-bond donors (Lipinski definition) is 0. The third kappa shape index (κ3) is 3.41. The van der Waals surface area contributed by atoms with Crippen molar-refractivity contribution < 1.29 is 8.95 Å². The van der Waals surface area contributed by atoms with Crippen LogP contribution in [0.5, 0.6) is 5.75 Å². The Balaban J connectivity index is 1.91. The van der Waals surface area contributed by atoms with Crippen molar-refractivity contribution in [2.24, 2.45) is 0 Å². The van der Waals surface area contributed by atoms with Crippen LogP contribution in [-0.2, 0) is 17.2 Å². The van der Waals surface area contributed by atoms with E-state index in [0.717, 1.165) is 16.4 Å². The second kappa shape index (κ2) is 5.98. The molecule has 1 aromatic heterocycles. The highest BCUT2D eigenvalue weighted by Gasteiger charge is 2.05. The molecule has 1 aromatic carbocycles. The van der Waals surface area contributed by atoms with Crippen LogP contribution in [0.25, 0.3) is 0 Å². The van der Waals surface area contributed by atoms with Crippen molar-refractivity contribution in [2.75, 3.05) is 12.9 Å². The Morgan fingerprint density at radius 2 is 2.00 bits per heavy atom. The maximum Gasteiger partial charge on any atom is 0.118 e. The fourth-order valence-electron chi connectivity index (χ4n) is 1.50. The first kappa shape index (κ1) is 12.3. The largest absolute Gasteiger partial charge is 0.497 e. The van der Waals surface area contributed by atoms with Crippen LogP contribution in [0.4, 0.5) is 0 Å². The predicted molar refractivity (Wildman–Crippen MR) is 72.3 cm³/mol. The third-order valence-electron chi connectivity index (χ3n) is 2.45. The fraction of sp³-hybridized carbons (Fsp3) is 0.231. The molecule has 0 spiro atoms.